The van der Waals surface area contributed by atoms with E-state index < -0.39 is 23.2 Å². The Balaban J connectivity index is 2.16. The lowest BCUT2D eigenvalue weighted by Crippen LogP contribution is -2.48. The predicted molar refractivity (Wildman–Crippen MR) is 105 cm³/mol. The SMILES string of the molecule is COc1ccc(C(=O)C[C@@H](SC[C@@H](NC(C)=O)C(=O)[O-])c2ccco2)cc1OC. The van der Waals surface area contributed by atoms with E-state index in [4.69, 9.17) is 13.9 Å². The first kappa shape index (κ1) is 22.4. The summed E-state index contributed by atoms with van der Waals surface area (Å²) in [5.41, 5.74) is 0.429. The van der Waals surface area contributed by atoms with Crippen molar-refractivity contribution in [3.8, 4) is 11.5 Å². The maximum atomic E-state index is 12.8. The van der Waals surface area contributed by atoms with Gasteiger partial charge in [0, 0.05) is 24.7 Å². The van der Waals surface area contributed by atoms with Crippen LogP contribution in [0.2, 0.25) is 0 Å². The molecule has 156 valence electrons. The lowest BCUT2D eigenvalue weighted by atomic mass is 10.0. The highest BCUT2D eigenvalue weighted by Gasteiger charge is 2.23. The monoisotopic (exact) mass is 420 g/mol. The van der Waals surface area contributed by atoms with Crippen LogP contribution >= 0.6 is 11.8 Å². The average molecular weight is 420 g/mol. The summed E-state index contributed by atoms with van der Waals surface area (Å²) in [5.74, 6) is -0.552. The standard InChI is InChI=1S/C20H23NO7S/c1-12(22)21-14(20(24)25)11-29-19(17-5-4-8-28-17)10-15(23)13-6-7-16(26-2)18(9-13)27-3/h4-9,14,19H,10-11H2,1-3H3,(H,21,22)(H,24,25)/p-1/t14-,19-/m1/s1. The molecule has 1 amide bonds. The second-order valence-corrected chi connectivity index (χ2v) is 7.34. The minimum Gasteiger partial charge on any atom is -0.548 e. The van der Waals surface area contributed by atoms with Gasteiger partial charge in [-0.25, -0.2) is 0 Å². The summed E-state index contributed by atoms with van der Waals surface area (Å²) in [7, 11) is 2.99. The Labute approximate surface area is 172 Å². The molecule has 0 fully saturated rings. The maximum absolute atomic E-state index is 12.8. The molecule has 1 aromatic carbocycles. The van der Waals surface area contributed by atoms with Crippen molar-refractivity contribution in [2.24, 2.45) is 0 Å². The van der Waals surface area contributed by atoms with Gasteiger partial charge in [0.2, 0.25) is 5.91 Å². The molecule has 0 saturated heterocycles. The number of furan rings is 1. The van der Waals surface area contributed by atoms with Crippen molar-refractivity contribution in [3.05, 3.63) is 47.9 Å². The highest BCUT2D eigenvalue weighted by atomic mass is 32.2. The smallest absolute Gasteiger partial charge is 0.217 e. The zero-order valence-corrected chi connectivity index (χ0v) is 17.1. The van der Waals surface area contributed by atoms with E-state index in [9.17, 15) is 19.5 Å². The molecule has 0 aliphatic carbocycles. The van der Waals surface area contributed by atoms with Gasteiger partial charge in [-0.2, -0.15) is 0 Å². The van der Waals surface area contributed by atoms with E-state index in [1.165, 1.54) is 39.2 Å². The van der Waals surface area contributed by atoms with Gasteiger partial charge in [-0.15, -0.1) is 11.8 Å². The summed E-state index contributed by atoms with van der Waals surface area (Å²) < 4.78 is 15.8. The van der Waals surface area contributed by atoms with E-state index in [1.54, 1.807) is 30.3 Å². The first-order valence-corrected chi connectivity index (χ1v) is 9.78. The van der Waals surface area contributed by atoms with E-state index in [0.29, 0.717) is 22.8 Å². The number of amides is 1. The van der Waals surface area contributed by atoms with Crippen LogP contribution in [0.5, 0.6) is 11.5 Å². The van der Waals surface area contributed by atoms with Crippen molar-refractivity contribution in [2.75, 3.05) is 20.0 Å². The van der Waals surface area contributed by atoms with Gasteiger partial charge in [-0.05, 0) is 30.3 Å². The summed E-state index contributed by atoms with van der Waals surface area (Å²) in [6.07, 6.45) is 1.54. The van der Waals surface area contributed by atoms with E-state index >= 15 is 0 Å². The molecule has 0 aliphatic rings. The summed E-state index contributed by atoms with van der Waals surface area (Å²) in [6.45, 7) is 1.23. The Hall–Kier alpha value is -2.94. The molecule has 2 aromatic rings. The molecule has 2 rings (SSSR count). The molecule has 0 radical (unpaired) electrons. The van der Waals surface area contributed by atoms with Crippen molar-refractivity contribution < 1.29 is 33.4 Å². The molecule has 0 unspecified atom stereocenters. The largest absolute Gasteiger partial charge is 0.548 e. The van der Waals surface area contributed by atoms with Gasteiger partial charge >= 0.3 is 0 Å². The summed E-state index contributed by atoms with van der Waals surface area (Å²) in [4.78, 5) is 35.3. The quantitative estimate of drug-likeness (QED) is 0.545. The second kappa shape index (κ2) is 10.6. The third-order valence-corrected chi connectivity index (χ3v) is 5.39. The average Bonchev–Trinajstić information content (AvgIpc) is 3.23. The Morgan fingerprint density at radius 2 is 1.90 bits per heavy atom. The molecule has 0 bridgehead atoms. The zero-order valence-electron chi connectivity index (χ0n) is 16.3. The van der Waals surface area contributed by atoms with E-state index in [0.717, 1.165) is 0 Å². The Bertz CT molecular complexity index is 851. The number of rotatable bonds is 11. The molecule has 0 saturated carbocycles. The van der Waals surface area contributed by atoms with Crippen LogP contribution in [0.4, 0.5) is 0 Å². The van der Waals surface area contributed by atoms with E-state index in [2.05, 4.69) is 5.32 Å². The van der Waals surface area contributed by atoms with Crippen LogP contribution in [0.1, 0.15) is 34.7 Å². The van der Waals surface area contributed by atoms with Gasteiger partial charge in [0.05, 0.1) is 37.7 Å². The van der Waals surface area contributed by atoms with Gasteiger partial charge in [-0.1, -0.05) is 0 Å². The first-order chi connectivity index (χ1) is 13.8. The second-order valence-electron chi connectivity index (χ2n) is 6.11. The molecule has 2 atom stereocenters. The fraction of sp³-hybridized carbons (Fsp3) is 0.350. The highest BCUT2D eigenvalue weighted by molar-refractivity contribution is 7.99. The fourth-order valence-electron chi connectivity index (χ4n) is 2.64. The maximum Gasteiger partial charge on any atom is 0.217 e. The molecule has 1 heterocycles. The fourth-order valence-corrected chi connectivity index (χ4v) is 3.85. The third kappa shape index (κ3) is 6.28. The highest BCUT2D eigenvalue weighted by Crippen LogP contribution is 2.35. The van der Waals surface area contributed by atoms with Gasteiger partial charge in [-0.3, -0.25) is 9.59 Å². The van der Waals surface area contributed by atoms with Crippen LogP contribution in [0.25, 0.3) is 0 Å². The van der Waals surface area contributed by atoms with Gasteiger partial charge in [0.1, 0.15) is 5.76 Å². The minimum absolute atomic E-state index is 0.0203. The molecule has 9 heteroatoms. The number of thioether (sulfide) groups is 1. The number of Topliss-reactive ketones (excluding diaryl/α,β-unsaturated/α-hetero) is 1. The van der Waals surface area contributed by atoms with Crippen molar-refractivity contribution in [2.45, 2.75) is 24.6 Å². The molecule has 8 nitrogen and oxygen atoms in total. The number of nitrogens with one attached hydrogen (secondary N) is 1. The number of methoxy groups -OCH3 is 2. The topological polar surface area (TPSA) is 118 Å². The number of ether oxygens (including phenoxy) is 2. The summed E-state index contributed by atoms with van der Waals surface area (Å²) in [5, 5.41) is 13.1. The Kier molecular flexibility index (Phi) is 8.14. The molecule has 0 aliphatic heterocycles. The number of hydrogen-bond donors (Lipinski definition) is 1. The predicted octanol–water partition coefficient (Wildman–Crippen LogP) is 1.60. The number of ketones is 1. The van der Waals surface area contributed by atoms with Crippen molar-refractivity contribution in [1.82, 2.24) is 5.32 Å². The van der Waals surface area contributed by atoms with Crippen molar-refractivity contribution in [3.63, 3.8) is 0 Å². The number of carboxylic acid groups (broad SMARTS) is 1. The number of carbonyl (C=O) groups excluding carboxylic acids is 3. The molecule has 1 N–H and O–H groups in total. The normalized spacial score (nSPS) is 12.7. The Morgan fingerprint density at radius 3 is 2.45 bits per heavy atom. The number of aliphatic carboxylic acids is 1. The lowest BCUT2D eigenvalue weighted by molar-refractivity contribution is -0.307. The van der Waals surface area contributed by atoms with Crippen LogP contribution in [0.15, 0.2) is 41.0 Å². The molecule has 1 aromatic heterocycles. The van der Waals surface area contributed by atoms with Gasteiger partial charge < -0.3 is 29.1 Å². The number of hydrogen-bond acceptors (Lipinski definition) is 8. The van der Waals surface area contributed by atoms with E-state index in [1.807, 2.05) is 0 Å². The first-order valence-electron chi connectivity index (χ1n) is 8.73. The zero-order chi connectivity index (χ0) is 21.4. The minimum atomic E-state index is -1.39. The molecule has 0 spiro atoms. The van der Waals surface area contributed by atoms with Gasteiger partial charge in [0.15, 0.2) is 17.3 Å². The van der Waals surface area contributed by atoms with Gasteiger partial charge in [0.25, 0.3) is 0 Å². The van der Waals surface area contributed by atoms with Crippen LogP contribution in [0, 0.1) is 0 Å². The van der Waals surface area contributed by atoms with Crippen LogP contribution in [-0.2, 0) is 9.59 Å². The molecule has 29 heavy (non-hydrogen) atoms. The van der Waals surface area contributed by atoms with Crippen LogP contribution in [-0.4, -0.2) is 43.7 Å². The molecular weight excluding hydrogens is 398 g/mol. The van der Waals surface area contributed by atoms with Crippen LogP contribution in [0.3, 0.4) is 0 Å². The summed E-state index contributed by atoms with van der Waals surface area (Å²) >= 11 is 1.19. The number of carbonyl (C=O) groups is 3. The third-order valence-electron chi connectivity index (χ3n) is 4.06. The van der Waals surface area contributed by atoms with Crippen molar-refractivity contribution in [1.29, 1.82) is 0 Å². The molecular formula is C20H22NO7S-. The Morgan fingerprint density at radius 1 is 1.17 bits per heavy atom. The number of carboxylic acids is 1. The van der Waals surface area contributed by atoms with Crippen LogP contribution < -0.4 is 19.9 Å². The summed E-state index contributed by atoms with van der Waals surface area (Å²) in [6, 6.07) is 7.09. The number of benzene rings is 1. The van der Waals surface area contributed by atoms with Crippen molar-refractivity contribution >= 4 is 29.4 Å². The van der Waals surface area contributed by atoms with E-state index in [-0.39, 0.29) is 18.0 Å². The lowest BCUT2D eigenvalue weighted by Gasteiger charge is -2.21.